The summed E-state index contributed by atoms with van der Waals surface area (Å²) in [6.45, 7) is 1.78. The van der Waals surface area contributed by atoms with Crippen LogP contribution >= 0.6 is 15.9 Å². The summed E-state index contributed by atoms with van der Waals surface area (Å²) in [5, 5.41) is 11.3. The Morgan fingerprint density at radius 3 is 2.48 bits per heavy atom. The van der Waals surface area contributed by atoms with Gasteiger partial charge in [0.15, 0.2) is 11.6 Å². The fourth-order valence-electron chi connectivity index (χ4n) is 2.33. The number of amides is 1. The monoisotopic (exact) mass is 435 g/mol. The van der Waals surface area contributed by atoms with Gasteiger partial charge in [0.2, 0.25) is 0 Å². The van der Waals surface area contributed by atoms with E-state index in [4.69, 9.17) is 5.11 Å². The average Bonchev–Trinajstić information content (AvgIpc) is 2.61. The SMILES string of the molecule is C[C@@H](NC(=O)c1cnc(C(=O)CCCC(=O)O)[nH]c1=O)c1ccc(Br)cc1. The Hall–Kier alpha value is -2.81. The number of benzene rings is 1. The quantitative estimate of drug-likeness (QED) is 0.546. The van der Waals surface area contributed by atoms with Crippen molar-refractivity contribution >= 4 is 33.6 Å². The minimum Gasteiger partial charge on any atom is -0.481 e. The van der Waals surface area contributed by atoms with Crippen LogP contribution in [-0.2, 0) is 4.79 Å². The van der Waals surface area contributed by atoms with Crippen molar-refractivity contribution in [3.8, 4) is 0 Å². The second-order valence-electron chi connectivity index (χ2n) is 5.89. The van der Waals surface area contributed by atoms with Gasteiger partial charge in [-0.05, 0) is 31.0 Å². The van der Waals surface area contributed by atoms with Crippen LogP contribution in [0.2, 0.25) is 0 Å². The van der Waals surface area contributed by atoms with Gasteiger partial charge in [-0.3, -0.25) is 19.2 Å². The first-order chi connectivity index (χ1) is 12.8. The zero-order chi connectivity index (χ0) is 20.0. The average molecular weight is 436 g/mol. The van der Waals surface area contributed by atoms with Crippen molar-refractivity contribution in [2.45, 2.75) is 32.2 Å². The maximum Gasteiger partial charge on any atom is 0.303 e. The Kier molecular flexibility index (Phi) is 7.00. The zero-order valence-electron chi connectivity index (χ0n) is 14.5. The highest BCUT2D eigenvalue weighted by atomic mass is 79.9. The molecule has 27 heavy (non-hydrogen) atoms. The van der Waals surface area contributed by atoms with Gasteiger partial charge in [-0.15, -0.1) is 0 Å². The molecule has 1 atom stereocenters. The second kappa shape index (κ2) is 9.22. The largest absolute Gasteiger partial charge is 0.481 e. The van der Waals surface area contributed by atoms with Crippen LogP contribution in [-0.4, -0.2) is 32.7 Å². The summed E-state index contributed by atoms with van der Waals surface area (Å²) in [4.78, 5) is 52.9. The highest BCUT2D eigenvalue weighted by Crippen LogP contribution is 2.16. The van der Waals surface area contributed by atoms with Crippen LogP contribution in [0.1, 0.15) is 58.8 Å². The van der Waals surface area contributed by atoms with Gasteiger partial charge in [0.05, 0.1) is 6.04 Å². The van der Waals surface area contributed by atoms with E-state index in [2.05, 4.69) is 31.2 Å². The molecule has 1 heterocycles. The maximum atomic E-state index is 12.3. The lowest BCUT2D eigenvalue weighted by atomic mass is 10.1. The van der Waals surface area contributed by atoms with E-state index >= 15 is 0 Å². The van der Waals surface area contributed by atoms with Crippen LogP contribution < -0.4 is 10.9 Å². The normalized spacial score (nSPS) is 11.6. The molecule has 3 N–H and O–H groups in total. The number of H-pyrrole nitrogens is 1. The van der Waals surface area contributed by atoms with E-state index in [9.17, 15) is 19.2 Å². The number of halogens is 1. The number of nitrogens with zero attached hydrogens (tertiary/aromatic N) is 1. The summed E-state index contributed by atoms with van der Waals surface area (Å²) in [5.41, 5.74) is -0.0747. The third-order valence-electron chi connectivity index (χ3n) is 3.82. The molecule has 0 radical (unpaired) electrons. The van der Waals surface area contributed by atoms with E-state index < -0.39 is 23.2 Å². The number of Topliss-reactive ketones (excluding diaryl/α,β-unsaturated/α-hetero) is 1. The van der Waals surface area contributed by atoms with E-state index in [0.29, 0.717) is 0 Å². The van der Waals surface area contributed by atoms with Gasteiger partial charge in [0, 0.05) is 23.5 Å². The molecule has 1 aromatic heterocycles. The van der Waals surface area contributed by atoms with Gasteiger partial charge in [-0.2, -0.15) is 0 Å². The molecule has 142 valence electrons. The van der Waals surface area contributed by atoms with Crippen molar-refractivity contribution in [2.24, 2.45) is 0 Å². The number of carboxylic acid groups (broad SMARTS) is 1. The Bertz CT molecular complexity index is 908. The van der Waals surface area contributed by atoms with E-state index in [1.165, 1.54) is 0 Å². The van der Waals surface area contributed by atoms with Crippen molar-refractivity contribution in [1.82, 2.24) is 15.3 Å². The van der Waals surface area contributed by atoms with Crippen molar-refractivity contribution in [3.05, 3.63) is 62.2 Å². The van der Waals surface area contributed by atoms with Crippen LogP contribution in [0.25, 0.3) is 0 Å². The van der Waals surface area contributed by atoms with Gasteiger partial charge >= 0.3 is 5.97 Å². The van der Waals surface area contributed by atoms with E-state index in [1.807, 2.05) is 24.3 Å². The van der Waals surface area contributed by atoms with Crippen LogP contribution in [0, 0.1) is 0 Å². The molecule has 0 spiro atoms. The Balaban J connectivity index is 2.04. The molecule has 9 heteroatoms. The number of rotatable bonds is 8. The fourth-order valence-corrected chi connectivity index (χ4v) is 2.59. The highest BCUT2D eigenvalue weighted by molar-refractivity contribution is 9.10. The smallest absolute Gasteiger partial charge is 0.303 e. The summed E-state index contributed by atoms with van der Waals surface area (Å²) >= 11 is 3.34. The molecule has 1 amide bonds. The first-order valence-electron chi connectivity index (χ1n) is 8.18. The highest BCUT2D eigenvalue weighted by Gasteiger charge is 2.17. The third-order valence-corrected chi connectivity index (χ3v) is 4.35. The lowest BCUT2D eigenvalue weighted by molar-refractivity contribution is -0.137. The van der Waals surface area contributed by atoms with Crippen molar-refractivity contribution < 1.29 is 19.5 Å². The molecule has 2 aromatic rings. The van der Waals surface area contributed by atoms with Gasteiger partial charge < -0.3 is 15.4 Å². The van der Waals surface area contributed by atoms with Crippen LogP contribution in [0.5, 0.6) is 0 Å². The minimum atomic E-state index is -1.00. The Labute approximate surface area is 163 Å². The molecular weight excluding hydrogens is 418 g/mol. The number of aromatic amines is 1. The second-order valence-corrected chi connectivity index (χ2v) is 6.81. The van der Waals surface area contributed by atoms with E-state index in [0.717, 1.165) is 16.2 Å². The zero-order valence-corrected chi connectivity index (χ0v) is 16.1. The van der Waals surface area contributed by atoms with Crippen LogP contribution in [0.3, 0.4) is 0 Å². The summed E-state index contributed by atoms with van der Waals surface area (Å²) in [5.74, 6) is -2.29. The molecule has 0 aliphatic rings. The lowest BCUT2D eigenvalue weighted by Crippen LogP contribution is -2.32. The van der Waals surface area contributed by atoms with E-state index in [1.54, 1.807) is 6.92 Å². The summed E-state index contributed by atoms with van der Waals surface area (Å²) < 4.78 is 0.911. The molecule has 1 aromatic carbocycles. The molecule has 0 saturated heterocycles. The predicted molar refractivity (Wildman–Crippen MR) is 101 cm³/mol. The number of hydrogen-bond acceptors (Lipinski definition) is 5. The molecule has 0 aliphatic heterocycles. The Morgan fingerprint density at radius 1 is 1.22 bits per heavy atom. The van der Waals surface area contributed by atoms with Crippen LogP contribution in [0.15, 0.2) is 39.7 Å². The summed E-state index contributed by atoms with van der Waals surface area (Å²) in [6.07, 6.45) is 0.990. The number of nitrogens with one attached hydrogen (secondary N) is 2. The lowest BCUT2D eigenvalue weighted by Gasteiger charge is -2.14. The number of carbonyl (C=O) groups excluding carboxylic acids is 2. The molecule has 0 unspecified atom stereocenters. The number of ketones is 1. The van der Waals surface area contributed by atoms with Gasteiger partial charge in [-0.25, -0.2) is 4.98 Å². The molecule has 0 bridgehead atoms. The molecule has 8 nitrogen and oxygen atoms in total. The fraction of sp³-hybridized carbons (Fsp3) is 0.278. The predicted octanol–water partition coefficient (Wildman–Crippen LogP) is 2.46. The number of aromatic nitrogens is 2. The number of aliphatic carboxylic acids is 1. The van der Waals surface area contributed by atoms with Gasteiger partial charge in [-0.1, -0.05) is 28.1 Å². The number of carbonyl (C=O) groups is 3. The minimum absolute atomic E-state index is 0.0542. The first-order valence-corrected chi connectivity index (χ1v) is 8.98. The molecule has 2 rings (SSSR count). The number of carboxylic acids is 1. The maximum absolute atomic E-state index is 12.3. The van der Waals surface area contributed by atoms with Crippen molar-refractivity contribution in [3.63, 3.8) is 0 Å². The van der Waals surface area contributed by atoms with Gasteiger partial charge in [0.25, 0.3) is 11.5 Å². The Morgan fingerprint density at radius 2 is 1.89 bits per heavy atom. The van der Waals surface area contributed by atoms with Crippen LogP contribution in [0.4, 0.5) is 0 Å². The third kappa shape index (κ3) is 5.85. The molecule has 0 saturated carbocycles. The standard InChI is InChI=1S/C18H18BrN3O5/c1-10(11-5-7-12(19)8-6-11)21-17(26)13-9-20-16(22-18(13)27)14(23)3-2-4-15(24)25/h5-10H,2-4H2,1H3,(H,21,26)(H,24,25)(H,20,22,27)/t10-/m1/s1. The molecule has 0 aliphatic carbocycles. The van der Waals surface area contributed by atoms with Crippen molar-refractivity contribution in [1.29, 1.82) is 0 Å². The summed E-state index contributed by atoms with van der Waals surface area (Å²) in [7, 11) is 0. The number of hydrogen-bond donors (Lipinski definition) is 3. The summed E-state index contributed by atoms with van der Waals surface area (Å²) in [6, 6.07) is 7.04. The molecular formula is C18H18BrN3O5. The van der Waals surface area contributed by atoms with E-state index in [-0.39, 0.29) is 36.7 Å². The first kappa shape index (κ1) is 20.5. The topological polar surface area (TPSA) is 129 Å². The molecule has 0 fully saturated rings. The van der Waals surface area contributed by atoms with Gasteiger partial charge in [0.1, 0.15) is 5.56 Å². The van der Waals surface area contributed by atoms with Crippen molar-refractivity contribution in [2.75, 3.05) is 0 Å².